The fourth-order valence-electron chi connectivity index (χ4n) is 5.11. The van der Waals surface area contributed by atoms with Gasteiger partial charge in [-0.2, -0.15) is 43.9 Å². The number of aliphatic hydroxyl groups excluding tert-OH is 1. The van der Waals surface area contributed by atoms with Gasteiger partial charge in [-0.05, 0) is 73.1 Å². The molecule has 15 heteroatoms. The Morgan fingerprint density at radius 2 is 1.30 bits per heavy atom. The molecule has 3 N–H and O–H groups in total. The van der Waals surface area contributed by atoms with E-state index in [0.717, 1.165) is 11.6 Å². The molecule has 46 heavy (non-hydrogen) atoms. The van der Waals surface area contributed by atoms with Crippen LogP contribution < -0.4 is 4.74 Å². The van der Waals surface area contributed by atoms with Crippen LogP contribution in [-0.4, -0.2) is 63.8 Å². The van der Waals surface area contributed by atoms with E-state index in [9.17, 15) is 58.9 Å². The first kappa shape index (κ1) is 38.9. The first-order valence-corrected chi connectivity index (χ1v) is 14.0. The molecule has 258 valence electrons. The molecule has 1 unspecified atom stereocenters. The largest absolute Gasteiger partial charge is 0.491 e. The quantitative estimate of drug-likeness (QED) is 0.176. The summed E-state index contributed by atoms with van der Waals surface area (Å²) in [6.45, 7) is 6.60. The lowest BCUT2D eigenvalue weighted by Crippen LogP contribution is -2.69. The fourth-order valence-corrected chi connectivity index (χ4v) is 5.11. The summed E-state index contributed by atoms with van der Waals surface area (Å²) >= 11 is 0. The van der Waals surface area contributed by atoms with Gasteiger partial charge in [0, 0.05) is 11.8 Å². The summed E-state index contributed by atoms with van der Waals surface area (Å²) in [6.07, 6.45) is -15.0. The van der Waals surface area contributed by atoms with Crippen LogP contribution in [0.25, 0.3) is 6.08 Å². The predicted octanol–water partition coefficient (Wildman–Crippen LogP) is 8.15. The van der Waals surface area contributed by atoms with Crippen molar-refractivity contribution in [2.45, 2.75) is 94.7 Å². The van der Waals surface area contributed by atoms with Crippen LogP contribution in [0.1, 0.15) is 67.3 Å². The molecule has 2 aromatic carbocycles. The number of aliphatic hydroxyl groups is 2. The first-order valence-electron chi connectivity index (χ1n) is 14.0. The van der Waals surface area contributed by atoms with Crippen LogP contribution in [0, 0.1) is 13.8 Å². The summed E-state index contributed by atoms with van der Waals surface area (Å²) in [7, 11) is 0. The zero-order valence-electron chi connectivity index (χ0n) is 25.2. The van der Waals surface area contributed by atoms with Crippen molar-refractivity contribution < 1.29 is 68.8 Å². The van der Waals surface area contributed by atoms with Crippen LogP contribution >= 0.6 is 0 Å². The molecule has 0 aliphatic rings. The van der Waals surface area contributed by atoms with Gasteiger partial charge in [-0.1, -0.05) is 50.3 Å². The van der Waals surface area contributed by atoms with Gasteiger partial charge in [-0.3, -0.25) is 4.79 Å². The standard InChI is InChI=1S/C31H34F10O5/c1-5-26(6-2,22-9-11-24(19(4)16-22)46-17-23(42)10-12-25(43)44)21-8-7-20(18(3)15-21)13-14-27(45,28(32,33)30(36,37)38)29(34,35)31(39,40)41/h7-9,11,13-16,23,42,45H,5-6,10,12,17H2,1-4H3,(H,43,44). The number of carboxylic acid groups (broad SMARTS) is 1. The Hall–Kier alpha value is -3.33. The molecule has 0 fully saturated rings. The van der Waals surface area contributed by atoms with Crippen molar-refractivity contribution >= 4 is 12.0 Å². The van der Waals surface area contributed by atoms with Crippen LogP contribution in [-0.2, 0) is 10.2 Å². The number of aliphatic carboxylic acids is 1. The number of ether oxygens (including phenoxy) is 1. The molecule has 0 heterocycles. The summed E-state index contributed by atoms with van der Waals surface area (Å²) in [4.78, 5) is 10.7. The number of carboxylic acids is 1. The third-order valence-corrected chi connectivity index (χ3v) is 8.05. The Balaban J connectivity index is 2.52. The number of hydrogen-bond donors (Lipinski definition) is 3. The average molecular weight is 677 g/mol. The van der Waals surface area contributed by atoms with E-state index in [-0.39, 0.29) is 36.7 Å². The summed E-state index contributed by atoms with van der Waals surface area (Å²) in [5.74, 6) is -14.4. The van der Waals surface area contributed by atoms with E-state index in [1.807, 2.05) is 13.8 Å². The van der Waals surface area contributed by atoms with E-state index in [1.165, 1.54) is 19.1 Å². The van der Waals surface area contributed by atoms with Crippen LogP contribution in [0.5, 0.6) is 5.75 Å². The Kier molecular flexibility index (Phi) is 11.7. The molecule has 0 radical (unpaired) electrons. The van der Waals surface area contributed by atoms with E-state index >= 15 is 0 Å². The summed E-state index contributed by atoms with van der Waals surface area (Å²) < 4.78 is 140. The van der Waals surface area contributed by atoms with Crippen molar-refractivity contribution in [3.8, 4) is 5.75 Å². The minimum absolute atomic E-state index is 0.0133. The van der Waals surface area contributed by atoms with E-state index in [0.29, 0.717) is 29.7 Å². The second kappa shape index (κ2) is 13.8. The molecule has 0 bridgehead atoms. The van der Waals surface area contributed by atoms with E-state index in [2.05, 4.69) is 0 Å². The van der Waals surface area contributed by atoms with E-state index < -0.39 is 53.4 Å². The second-order valence-corrected chi connectivity index (χ2v) is 11.0. The molecule has 2 aromatic rings. The lowest BCUT2D eigenvalue weighted by Gasteiger charge is -2.40. The highest BCUT2D eigenvalue weighted by molar-refractivity contribution is 5.66. The smallest absolute Gasteiger partial charge is 0.457 e. The molecule has 0 saturated heterocycles. The average Bonchev–Trinajstić information content (AvgIpc) is 2.94. The fraction of sp³-hybridized carbons (Fsp3) is 0.516. The zero-order valence-corrected chi connectivity index (χ0v) is 25.2. The van der Waals surface area contributed by atoms with Gasteiger partial charge in [0.1, 0.15) is 12.4 Å². The van der Waals surface area contributed by atoms with Crippen molar-refractivity contribution in [1.82, 2.24) is 0 Å². The number of carbonyl (C=O) groups is 1. The maximum Gasteiger partial charge on any atom is 0.457 e. The number of rotatable bonds is 14. The molecule has 0 saturated carbocycles. The zero-order chi connectivity index (χ0) is 35.5. The molecule has 2 rings (SSSR count). The monoisotopic (exact) mass is 676 g/mol. The van der Waals surface area contributed by atoms with Crippen LogP contribution in [0.4, 0.5) is 43.9 Å². The topological polar surface area (TPSA) is 87.0 Å². The highest BCUT2D eigenvalue weighted by Crippen LogP contribution is 2.55. The van der Waals surface area contributed by atoms with Gasteiger partial charge in [-0.15, -0.1) is 0 Å². The summed E-state index contributed by atoms with van der Waals surface area (Å²) in [6, 6.07) is 9.21. The highest BCUT2D eigenvalue weighted by Gasteiger charge is 2.83. The van der Waals surface area contributed by atoms with Crippen molar-refractivity contribution in [2.75, 3.05) is 6.61 Å². The molecule has 1 atom stereocenters. The maximum atomic E-state index is 14.1. The highest BCUT2D eigenvalue weighted by atomic mass is 19.4. The SMILES string of the molecule is CCC(CC)(c1ccc(C=CC(O)(C(F)(F)C(F)(F)F)C(F)(F)C(F)(F)F)c(C)c1)c1ccc(OCC(O)CCC(=O)O)c(C)c1. The van der Waals surface area contributed by atoms with Gasteiger partial charge in [0.15, 0.2) is 0 Å². The minimum atomic E-state index is -6.96. The lowest BCUT2D eigenvalue weighted by atomic mass is 9.70. The van der Waals surface area contributed by atoms with Gasteiger partial charge in [0.2, 0.25) is 5.60 Å². The number of alkyl halides is 10. The number of aryl methyl sites for hydroxylation is 2. The molecule has 0 spiro atoms. The van der Waals surface area contributed by atoms with E-state index in [4.69, 9.17) is 9.84 Å². The van der Waals surface area contributed by atoms with Crippen LogP contribution in [0.15, 0.2) is 42.5 Å². The normalized spacial score (nSPS) is 14.5. The van der Waals surface area contributed by atoms with Crippen molar-refractivity contribution in [1.29, 1.82) is 0 Å². The van der Waals surface area contributed by atoms with Crippen molar-refractivity contribution in [3.05, 3.63) is 70.3 Å². The molecular formula is C31H34F10O5. The summed E-state index contributed by atoms with van der Waals surface area (Å²) in [5, 5.41) is 28.5. The lowest BCUT2D eigenvalue weighted by molar-refractivity contribution is -0.409. The third kappa shape index (κ3) is 7.45. The Morgan fingerprint density at radius 3 is 1.72 bits per heavy atom. The maximum absolute atomic E-state index is 14.1. The number of hydrogen-bond acceptors (Lipinski definition) is 4. The van der Waals surface area contributed by atoms with Crippen LogP contribution in [0.2, 0.25) is 0 Å². The molecule has 0 amide bonds. The first-order chi connectivity index (χ1) is 20.9. The molecular weight excluding hydrogens is 642 g/mol. The Bertz CT molecular complexity index is 1370. The minimum Gasteiger partial charge on any atom is -0.491 e. The molecule has 5 nitrogen and oxygen atoms in total. The van der Waals surface area contributed by atoms with E-state index in [1.54, 1.807) is 25.1 Å². The Labute approximate surface area is 258 Å². The number of benzene rings is 2. The van der Waals surface area contributed by atoms with Crippen molar-refractivity contribution in [3.63, 3.8) is 0 Å². The predicted molar refractivity (Wildman–Crippen MR) is 148 cm³/mol. The van der Waals surface area contributed by atoms with Crippen LogP contribution in [0.3, 0.4) is 0 Å². The molecule has 0 aliphatic carbocycles. The number of halogens is 10. The molecule has 0 aliphatic heterocycles. The van der Waals surface area contributed by atoms with Gasteiger partial charge in [0.05, 0.1) is 6.10 Å². The van der Waals surface area contributed by atoms with Gasteiger partial charge in [-0.25, -0.2) is 0 Å². The molecule has 0 aromatic heterocycles. The van der Waals surface area contributed by atoms with Crippen molar-refractivity contribution in [2.24, 2.45) is 0 Å². The van der Waals surface area contributed by atoms with Gasteiger partial charge < -0.3 is 20.1 Å². The third-order valence-electron chi connectivity index (χ3n) is 8.05. The van der Waals surface area contributed by atoms with Gasteiger partial charge >= 0.3 is 30.2 Å². The summed E-state index contributed by atoms with van der Waals surface area (Å²) in [5.41, 5.74) is -4.92. The Morgan fingerprint density at radius 1 is 0.826 bits per heavy atom. The second-order valence-electron chi connectivity index (χ2n) is 11.0. The van der Waals surface area contributed by atoms with Gasteiger partial charge in [0.25, 0.3) is 0 Å².